The molecule has 0 aliphatic rings. The Kier molecular flexibility index (Phi) is 2.84. The highest BCUT2D eigenvalue weighted by atomic mass is 79.9. The van der Waals surface area contributed by atoms with Gasteiger partial charge >= 0.3 is 11.7 Å². The van der Waals surface area contributed by atoms with Gasteiger partial charge in [0.05, 0.1) is 5.69 Å². The van der Waals surface area contributed by atoms with Crippen LogP contribution in [0.25, 0.3) is 5.69 Å². The van der Waals surface area contributed by atoms with E-state index in [1.165, 1.54) is 7.05 Å². The first-order valence-corrected chi connectivity index (χ1v) is 5.45. The van der Waals surface area contributed by atoms with Crippen LogP contribution in [0.1, 0.15) is 10.6 Å². The summed E-state index contributed by atoms with van der Waals surface area (Å²) in [5, 5.41) is 12.6. The fourth-order valence-corrected chi connectivity index (χ4v) is 1.64. The van der Waals surface area contributed by atoms with Crippen molar-refractivity contribution >= 4 is 21.9 Å². The summed E-state index contributed by atoms with van der Waals surface area (Å²) < 4.78 is 2.91. The molecule has 0 bridgehead atoms. The van der Waals surface area contributed by atoms with Crippen LogP contribution >= 0.6 is 15.9 Å². The Labute approximate surface area is 104 Å². The van der Waals surface area contributed by atoms with Crippen LogP contribution in [0, 0.1) is 0 Å². The summed E-state index contributed by atoms with van der Waals surface area (Å²) >= 11 is 3.27. The predicted molar refractivity (Wildman–Crippen MR) is 63.5 cm³/mol. The fraction of sp³-hybridized carbons (Fsp3) is 0.100. The Morgan fingerprint density at radius 2 is 1.94 bits per heavy atom. The average Bonchev–Trinajstić information content (AvgIpc) is 2.58. The monoisotopic (exact) mass is 297 g/mol. The maximum absolute atomic E-state index is 11.8. The lowest BCUT2D eigenvalue weighted by Gasteiger charge is -1.98. The summed E-state index contributed by atoms with van der Waals surface area (Å²) in [5.41, 5.74) is 0.0195. The van der Waals surface area contributed by atoms with Gasteiger partial charge in [-0.25, -0.2) is 9.59 Å². The molecule has 0 fully saturated rings. The van der Waals surface area contributed by atoms with Crippen LogP contribution < -0.4 is 5.69 Å². The second kappa shape index (κ2) is 4.17. The normalized spacial score (nSPS) is 10.5. The van der Waals surface area contributed by atoms with Gasteiger partial charge < -0.3 is 5.11 Å². The van der Waals surface area contributed by atoms with Crippen molar-refractivity contribution in [2.24, 2.45) is 7.05 Å². The van der Waals surface area contributed by atoms with E-state index < -0.39 is 11.7 Å². The smallest absolute Gasteiger partial charge is 0.374 e. The molecular formula is C10H8BrN3O3. The summed E-state index contributed by atoms with van der Waals surface area (Å²) in [6, 6.07) is 6.84. The van der Waals surface area contributed by atoms with Crippen molar-refractivity contribution in [3.8, 4) is 5.69 Å². The highest BCUT2D eigenvalue weighted by Gasteiger charge is 2.16. The molecule has 17 heavy (non-hydrogen) atoms. The molecule has 1 aromatic heterocycles. The van der Waals surface area contributed by atoms with Crippen molar-refractivity contribution in [1.82, 2.24) is 14.3 Å². The van der Waals surface area contributed by atoms with E-state index in [9.17, 15) is 9.59 Å². The quantitative estimate of drug-likeness (QED) is 0.898. The van der Waals surface area contributed by atoms with Crippen molar-refractivity contribution in [1.29, 1.82) is 0 Å². The van der Waals surface area contributed by atoms with E-state index >= 15 is 0 Å². The third-order valence-corrected chi connectivity index (χ3v) is 2.77. The van der Waals surface area contributed by atoms with E-state index in [1.54, 1.807) is 24.3 Å². The zero-order chi connectivity index (χ0) is 12.6. The van der Waals surface area contributed by atoms with Gasteiger partial charge in [-0.15, -0.1) is 5.10 Å². The van der Waals surface area contributed by atoms with Gasteiger partial charge in [-0.05, 0) is 24.3 Å². The Balaban J connectivity index is 2.61. The molecule has 0 unspecified atom stereocenters. The third-order valence-electron chi connectivity index (χ3n) is 2.24. The van der Waals surface area contributed by atoms with Gasteiger partial charge in [0, 0.05) is 11.5 Å². The Hall–Kier alpha value is -1.89. The minimum Gasteiger partial charge on any atom is -0.475 e. The summed E-state index contributed by atoms with van der Waals surface area (Å²) in [4.78, 5) is 22.6. The van der Waals surface area contributed by atoms with Gasteiger partial charge in [0.1, 0.15) is 0 Å². The molecule has 6 nitrogen and oxygen atoms in total. The first-order valence-electron chi connectivity index (χ1n) is 4.66. The van der Waals surface area contributed by atoms with Crippen LogP contribution in [0.4, 0.5) is 0 Å². The molecule has 2 rings (SSSR count). The van der Waals surface area contributed by atoms with Crippen molar-refractivity contribution in [2.45, 2.75) is 0 Å². The number of aromatic nitrogens is 3. The number of rotatable bonds is 2. The van der Waals surface area contributed by atoms with E-state index in [0.29, 0.717) is 5.69 Å². The molecule has 0 saturated carbocycles. The van der Waals surface area contributed by atoms with Gasteiger partial charge in [-0.2, -0.15) is 4.68 Å². The molecule has 1 N–H and O–H groups in total. The Morgan fingerprint density at radius 1 is 1.35 bits per heavy atom. The zero-order valence-electron chi connectivity index (χ0n) is 8.79. The minimum absolute atomic E-state index is 0.294. The molecule has 0 spiro atoms. The lowest BCUT2D eigenvalue weighted by Crippen LogP contribution is -2.22. The molecule has 0 aliphatic carbocycles. The number of carbonyl (C=O) groups is 1. The zero-order valence-corrected chi connectivity index (χ0v) is 10.4. The van der Waals surface area contributed by atoms with Crippen LogP contribution in [-0.4, -0.2) is 25.4 Å². The number of halogens is 1. The average molecular weight is 298 g/mol. The third kappa shape index (κ3) is 2.01. The topological polar surface area (TPSA) is 77.1 Å². The second-order valence-corrected chi connectivity index (χ2v) is 4.27. The van der Waals surface area contributed by atoms with Crippen LogP contribution in [0.15, 0.2) is 33.5 Å². The van der Waals surface area contributed by atoms with Crippen molar-refractivity contribution in [2.75, 3.05) is 0 Å². The molecule has 7 heteroatoms. The first kappa shape index (κ1) is 11.6. The molecule has 1 heterocycles. The largest absolute Gasteiger partial charge is 0.475 e. The van der Waals surface area contributed by atoms with E-state index in [-0.39, 0.29) is 5.82 Å². The maximum Gasteiger partial charge on any atom is 0.374 e. The summed E-state index contributed by atoms with van der Waals surface area (Å²) in [5.74, 6) is -1.53. The number of hydrogen-bond donors (Lipinski definition) is 1. The van der Waals surface area contributed by atoms with Gasteiger partial charge in [-0.3, -0.25) is 4.57 Å². The SMILES string of the molecule is Cn1c(C(=O)O)nn(-c2ccc(Br)cc2)c1=O. The number of carboxylic acids is 1. The van der Waals surface area contributed by atoms with E-state index in [2.05, 4.69) is 21.0 Å². The van der Waals surface area contributed by atoms with Crippen LogP contribution in [-0.2, 0) is 7.05 Å². The van der Waals surface area contributed by atoms with Crippen molar-refractivity contribution in [3.63, 3.8) is 0 Å². The van der Waals surface area contributed by atoms with Gasteiger partial charge in [0.25, 0.3) is 0 Å². The van der Waals surface area contributed by atoms with Gasteiger partial charge in [0.15, 0.2) is 0 Å². The first-order chi connectivity index (χ1) is 8.00. The summed E-state index contributed by atoms with van der Waals surface area (Å²) in [6.45, 7) is 0. The molecule has 0 radical (unpaired) electrons. The summed E-state index contributed by atoms with van der Waals surface area (Å²) in [7, 11) is 1.37. The minimum atomic E-state index is -1.24. The Morgan fingerprint density at radius 3 is 2.41 bits per heavy atom. The lowest BCUT2D eigenvalue weighted by atomic mass is 10.3. The molecule has 0 saturated heterocycles. The molecule has 0 amide bonds. The van der Waals surface area contributed by atoms with Crippen LogP contribution in [0.3, 0.4) is 0 Å². The number of aromatic carboxylic acids is 1. The van der Waals surface area contributed by atoms with Gasteiger partial charge in [0.2, 0.25) is 5.82 Å². The number of benzene rings is 1. The molecular weight excluding hydrogens is 290 g/mol. The van der Waals surface area contributed by atoms with Crippen molar-refractivity contribution < 1.29 is 9.90 Å². The Bertz CT molecular complexity index is 627. The van der Waals surface area contributed by atoms with Crippen molar-refractivity contribution in [3.05, 3.63) is 45.0 Å². The lowest BCUT2D eigenvalue weighted by molar-refractivity contribution is 0.0678. The highest BCUT2D eigenvalue weighted by molar-refractivity contribution is 9.10. The van der Waals surface area contributed by atoms with Crippen LogP contribution in [0.2, 0.25) is 0 Å². The van der Waals surface area contributed by atoms with Crippen LogP contribution in [0.5, 0.6) is 0 Å². The maximum atomic E-state index is 11.8. The molecule has 0 atom stereocenters. The molecule has 1 aromatic carbocycles. The number of hydrogen-bond acceptors (Lipinski definition) is 3. The number of nitrogens with zero attached hydrogens (tertiary/aromatic N) is 3. The second-order valence-electron chi connectivity index (χ2n) is 3.36. The fourth-order valence-electron chi connectivity index (χ4n) is 1.37. The number of carboxylic acid groups (broad SMARTS) is 1. The van der Waals surface area contributed by atoms with E-state index in [0.717, 1.165) is 13.7 Å². The molecule has 88 valence electrons. The molecule has 2 aromatic rings. The van der Waals surface area contributed by atoms with Gasteiger partial charge in [-0.1, -0.05) is 15.9 Å². The standard InChI is InChI=1S/C10H8BrN3O3/c1-13-8(9(15)16)12-14(10(13)17)7-4-2-6(11)3-5-7/h2-5H,1H3,(H,15,16). The van der Waals surface area contributed by atoms with E-state index in [4.69, 9.17) is 5.11 Å². The summed E-state index contributed by atoms with van der Waals surface area (Å²) in [6.07, 6.45) is 0. The predicted octanol–water partition coefficient (Wildman–Crippen LogP) is 1.03. The van der Waals surface area contributed by atoms with E-state index in [1.807, 2.05) is 0 Å². The highest BCUT2D eigenvalue weighted by Crippen LogP contribution is 2.12. The molecule has 0 aliphatic heterocycles.